The number of hydrogen-bond donors (Lipinski definition) is 0. The lowest BCUT2D eigenvalue weighted by Crippen LogP contribution is -2.07. The second-order valence-electron chi connectivity index (χ2n) is 4.19. The van der Waals surface area contributed by atoms with E-state index in [0.717, 1.165) is 13.8 Å². The Labute approximate surface area is 138 Å². The number of carbonyl (C=O) groups excluding carboxylic acids is 1. The molecule has 0 saturated heterocycles. The Morgan fingerprint density at radius 2 is 1.70 bits per heavy atom. The summed E-state index contributed by atoms with van der Waals surface area (Å²) >= 11 is 8.11. The van der Waals surface area contributed by atoms with Gasteiger partial charge in [0, 0.05) is 20.3 Å². The number of benzene rings is 2. The van der Waals surface area contributed by atoms with Gasteiger partial charge in [0.15, 0.2) is 0 Å². The van der Waals surface area contributed by atoms with E-state index in [2.05, 4.69) is 31.9 Å². The summed E-state index contributed by atoms with van der Waals surface area (Å²) < 4.78 is 15.3. The Kier molecular flexibility index (Phi) is 5.81. The lowest BCUT2D eigenvalue weighted by molar-refractivity contribution is -0.116. The molecule has 0 aliphatic heterocycles. The van der Waals surface area contributed by atoms with E-state index in [9.17, 15) is 9.18 Å². The second-order valence-corrected chi connectivity index (χ2v) is 7.07. The molecule has 2 aromatic carbocycles. The normalized spacial score (nSPS) is 10.6. The first-order valence-corrected chi connectivity index (χ1v) is 8.46. The predicted molar refractivity (Wildman–Crippen MR) is 87.7 cm³/mol. The number of ketones is 1. The topological polar surface area (TPSA) is 17.1 Å². The monoisotopic (exact) mass is 416 g/mol. The number of carbonyl (C=O) groups is 1. The zero-order valence-electron chi connectivity index (χ0n) is 10.4. The molecule has 0 saturated carbocycles. The third kappa shape index (κ3) is 4.72. The first kappa shape index (κ1) is 15.7. The van der Waals surface area contributed by atoms with E-state index in [1.54, 1.807) is 12.1 Å². The lowest BCUT2D eigenvalue weighted by Gasteiger charge is -2.04. The van der Waals surface area contributed by atoms with Crippen LogP contribution in [0.4, 0.5) is 4.39 Å². The van der Waals surface area contributed by atoms with Crippen LogP contribution in [-0.4, -0.2) is 11.5 Å². The Hall–Kier alpha value is -0.650. The van der Waals surface area contributed by atoms with Crippen LogP contribution >= 0.6 is 43.6 Å². The van der Waals surface area contributed by atoms with Crippen molar-refractivity contribution in [1.82, 2.24) is 0 Å². The van der Waals surface area contributed by atoms with Crippen LogP contribution < -0.4 is 0 Å². The minimum atomic E-state index is -0.338. The first-order valence-electron chi connectivity index (χ1n) is 5.88. The van der Waals surface area contributed by atoms with Crippen molar-refractivity contribution in [1.29, 1.82) is 0 Å². The van der Waals surface area contributed by atoms with E-state index < -0.39 is 0 Å². The van der Waals surface area contributed by atoms with Gasteiger partial charge in [-0.15, -0.1) is 11.8 Å². The molecular formula is C15H11Br2FOS. The summed E-state index contributed by atoms with van der Waals surface area (Å²) in [5.74, 6) is 0.0123. The summed E-state index contributed by atoms with van der Waals surface area (Å²) in [4.78, 5) is 12.9. The molecule has 0 aliphatic rings. The van der Waals surface area contributed by atoms with Crippen LogP contribution in [0.1, 0.15) is 5.56 Å². The lowest BCUT2D eigenvalue weighted by atomic mass is 10.1. The number of halogens is 3. The molecule has 0 heterocycles. The van der Waals surface area contributed by atoms with Crippen molar-refractivity contribution in [3.8, 4) is 0 Å². The van der Waals surface area contributed by atoms with Crippen LogP contribution in [0.25, 0.3) is 0 Å². The van der Waals surface area contributed by atoms with E-state index >= 15 is 0 Å². The van der Waals surface area contributed by atoms with E-state index in [1.165, 1.54) is 17.8 Å². The van der Waals surface area contributed by atoms with Crippen molar-refractivity contribution in [2.24, 2.45) is 0 Å². The average molecular weight is 418 g/mol. The van der Waals surface area contributed by atoms with Gasteiger partial charge in [-0.2, -0.15) is 0 Å². The van der Waals surface area contributed by atoms with Crippen molar-refractivity contribution in [2.45, 2.75) is 11.3 Å². The zero-order chi connectivity index (χ0) is 14.5. The van der Waals surface area contributed by atoms with Crippen LogP contribution in [0.2, 0.25) is 0 Å². The Morgan fingerprint density at radius 1 is 1.05 bits per heavy atom. The predicted octanol–water partition coefficient (Wildman–Crippen LogP) is 5.25. The molecule has 0 amide bonds. The fraction of sp³-hybridized carbons (Fsp3) is 0.133. The van der Waals surface area contributed by atoms with Gasteiger partial charge in [0.05, 0.1) is 5.75 Å². The van der Waals surface area contributed by atoms with Gasteiger partial charge in [-0.05, 0) is 48.0 Å². The molecule has 0 aliphatic carbocycles. The highest BCUT2D eigenvalue weighted by atomic mass is 79.9. The Balaban J connectivity index is 1.92. The van der Waals surface area contributed by atoms with Crippen LogP contribution in [0, 0.1) is 5.82 Å². The van der Waals surface area contributed by atoms with Crippen molar-refractivity contribution >= 4 is 49.4 Å². The van der Waals surface area contributed by atoms with E-state index in [-0.39, 0.29) is 18.0 Å². The fourth-order valence-corrected chi connectivity index (χ4v) is 3.07. The highest BCUT2D eigenvalue weighted by Gasteiger charge is 2.09. The summed E-state index contributed by atoms with van der Waals surface area (Å²) in [6.07, 6.45) is 0.120. The average Bonchev–Trinajstić information content (AvgIpc) is 2.42. The van der Waals surface area contributed by atoms with Crippen molar-refractivity contribution in [3.63, 3.8) is 0 Å². The van der Waals surface area contributed by atoms with Gasteiger partial charge in [-0.3, -0.25) is 4.79 Å². The van der Waals surface area contributed by atoms with Crippen molar-refractivity contribution in [2.75, 3.05) is 5.75 Å². The first-order chi connectivity index (χ1) is 9.54. The summed E-state index contributed by atoms with van der Waals surface area (Å²) in [6.45, 7) is 0. The molecule has 0 atom stereocenters. The molecule has 0 fully saturated rings. The van der Waals surface area contributed by atoms with Crippen LogP contribution in [0.5, 0.6) is 0 Å². The molecular weight excluding hydrogens is 407 g/mol. The molecule has 1 nitrogen and oxygen atoms in total. The molecule has 104 valence electrons. The van der Waals surface area contributed by atoms with Crippen LogP contribution in [0.15, 0.2) is 56.3 Å². The van der Waals surface area contributed by atoms with Crippen molar-refractivity contribution < 1.29 is 9.18 Å². The molecule has 20 heavy (non-hydrogen) atoms. The van der Waals surface area contributed by atoms with Crippen molar-refractivity contribution in [3.05, 3.63) is 62.8 Å². The van der Waals surface area contributed by atoms with Gasteiger partial charge in [-0.25, -0.2) is 4.39 Å². The minimum absolute atomic E-state index is 0.00918. The third-order valence-corrected chi connectivity index (χ3v) is 4.70. The van der Waals surface area contributed by atoms with Gasteiger partial charge >= 0.3 is 0 Å². The summed E-state index contributed by atoms with van der Waals surface area (Å²) in [7, 11) is 0. The van der Waals surface area contributed by atoms with Gasteiger partial charge in [0.1, 0.15) is 11.6 Å². The van der Waals surface area contributed by atoms with Gasteiger partial charge in [-0.1, -0.05) is 31.9 Å². The maximum absolute atomic E-state index is 13.6. The second kappa shape index (κ2) is 7.38. The molecule has 0 aromatic heterocycles. The zero-order valence-corrected chi connectivity index (χ0v) is 14.4. The molecule has 0 spiro atoms. The highest BCUT2D eigenvalue weighted by Crippen LogP contribution is 2.22. The maximum atomic E-state index is 13.6. The third-order valence-electron chi connectivity index (χ3n) is 2.61. The minimum Gasteiger partial charge on any atom is -0.298 e. The van der Waals surface area contributed by atoms with Crippen LogP contribution in [-0.2, 0) is 11.2 Å². The molecule has 2 rings (SSSR count). The van der Waals surface area contributed by atoms with Gasteiger partial charge in [0.25, 0.3) is 0 Å². The van der Waals surface area contributed by atoms with E-state index in [4.69, 9.17) is 0 Å². The molecule has 2 aromatic rings. The summed E-state index contributed by atoms with van der Waals surface area (Å²) in [5, 5.41) is 0. The van der Waals surface area contributed by atoms with E-state index in [1.807, 2.05) is 24.3 Å². The van der Waals surface area contributed by atoms with Gasteiger partial charge < -0.3 is 0 Å². The number of hydrogen-bond acceptors (Lipinski definition) is 2. The summed E-state index contributed by atoms with van der Waals surface area (Å²) in [6, 6.07) is 12.4. The van der Waals surface area contributed by atoms with E-state index in [0.29, 0.717) is 11.3 Å². The molecule has 0 unspecified atom stereocenters. The number of Topliss-reactive ketones (excluding diaryl/α,β-unsaturated/α-hetero) is 1. The Bertz CT molecular complexity index is 614. The number of rotatable bonds is 5. The molecule has 0 N–H and O–H groups in total. The summed E-state index contributed by atoms with van der Waals surface area (Å²) in [5.41, 5.74) is 0.431. The van der Waals surface area contributed by atoms with Crippen LogP contribution in [0.3, 0.4) is 0 Å². The smallest absolute Gasteiger partial charge is 0.147 e. The highest BCUT2D eigenvalue weighted by molar-refractivity contribution is 9.10. The number of thioether (sulfide) groups is 1. The largest absolute Gasteiger partial charge is 0.298 e. The Morgan fingerprint density at radius 3 is 2.40 bits per heavy atom. The quantitative estimate of drug-likeness (QED) is 0.617. The fourth-order valence-electron chi connectivity index (χ4n) is 1.64. The van der Waals surface area contributed by atoms with Gasteiger partial charge in [0.2, 0.25) is 0 Å². The molecule has 0 bridgehead atoms. The SMILES string of the molecule is O=C(CSc1ccc(Br)cc1)Cc1cc(Br)ccc1F. The molecule has 5 heteroatoms. The standard InChI is InChI=1S/C15H11Br2FOS/c16-11-1-4-14(5-2-11)20-9-13(19)8-10-7-12(17)3-6-15(10)18/h1-7H,8-9H2. The maximum Gasteiger partial charge on any atom is 0.147 e. The molecule has 0 radical (unpaired) electrons.